The Morgan fingerprint density at radius 1 is 1.33 bits per heavy atom. The van der Waals surface area contributed by atoms with Crippen molar-refractivity contribution in [1.82, 2.24) is 9.97 Å². The highest BCUT2D eigenvalue weighted by atomic mass is 19.4. The summed E-state index contributed by atoms with van der Waals surface area (Å²) in [6.45, 7) is 0. The van der Waals surface area contributed by atoms with Gasteiger partial charge >= 0.3 is 12.2 Å². The Hall–Kier alpha value is -2.72. The fourth-order valence-electron chi connectivity index (χ4n) is 2.25. The topological polar surface area (TPSA) is 102 Å². The van der Waals surface area contributed by atoms with E-state index in [-0.39, 0.29) is 17.9 Å². The van der Waals surface area contributed by atoms with Gasteiger partial charge in [-0.15, -0.1) is 0 Å². The molecule has 3 N–H and O–H groups in total. The van der Waals surface area contributed by atoms with Crippen molar-refractivity contribution in [2.75, 3.05) is 5.06 Å². The first-order valence-electron chi connectivity index (χ1n) is 6.75. The fourth-order valence-corrected chi connectivity index (χ4v) is 2.25. The second kappa shape index (κ2) is 5.73. The molecule has 0 saturated carbocycles. The monoisotopic (exact) mass is 340 g/mol. The number of hydrogen-bond acceptors (Lipinski definition) is 6. The normalized spacial score (nSPS) is 17.6. The molecule has 1 aliphatic rings. The van der Waals surface area contributed by atoms with Crippen LogP contribution in [0.4, 0.5) is 18.9 Å². The van der Waals surface area contributed by atoms with E-state index in [0.717, 1.165) is 12.3 Å². The van der Waals surface area contributed by atoms with Crippen LogP contribution in [-0.2, 0) is 17.4 Å². The number of alkyl halides is 3. The first-order valence-corrected chi connectivity index (χ1v) is 6.75. The number of amides is 1. The Kier molecular flexibility index (Phi) is 3.85. The standard InChI is InChI=1S/C14H11F3N4O3/c15-14(16,17)11-3-4-19-13(20-11)24-8-1-2-10-7(5-8)6-9(18)12(22)21(10)23/h1-5,9,23H,6,18H2. The molecule has 0 saturated heterocycles. The first kappa shape index (κ1) is 16.1. The molecule has 1 aromatic carbocycles. The van der Waals surface area contributed by atoms with E-state index in [4.69, 9.17) is 10.5 Å². The van der Waals surface area contributed by atoms with Gasteiger partial charge in [-0.3, -0.25) is 10.0 Å². The third kappa shape index (κ3) is 3.01. The number of nitrogens with zero attached hydrogens (tertiary/aromatic N) is 3. The van der Waals surface area contributed by atoms with Gasteiger partial charge in [0.1, 0.15) is 5.75 Å². The molecule has 2 heterocycles. The number of ether oxygens (including phenoxy) is 1. The fraction of sp³-hybridized carbons (Fsp3) is 0.214. The van der Waals surface area contributed by atoms with Gasteiger partial charge in [-0.25, -0.2) is 4.98 Å². The second-order valence-electron chi connectivity index (χ2n) is 5.08. The van der Waals surface area contributed by atoms with Gasteiger partial charge in [0.05, 0.1) is 11.7 Å². The van der Waals surface area contributed by atoms with Crippen molar-refractivity contribution in [2.45, 2.75) is 18.6 Å². The van der Waals surface area contributed by atoms with Crippen molar-refractivity contribution in [3.63, 3.8) is 0 Å². The van der Waals surface area contributed by atoms with Crippen LogP contribution in [0.1, 0.15) is 11.3 Å². The van der Waals surface area contributed by atoms with Crippen LogP contribution in [0.25, 0.3) is 0 Å². The molecule has 3 rings (SSSR count). The summed E-state index contributed by atoms with van der Waals surface area (Å²) < 4.78 is 43.1. The van der Waals surface area contributed by atoms with Gasteiger partial charge in [0.15, 0.2) is 5.69 Å². The van der Waals surface area contributed by atoms with Gasteiger partial charge < -0.3 is 10.5 Å². The summed E-state index contributed by atoms with van der Waals surface area (Å²) in [7, 11) is 0. The lowest BCUT2D eigenvalue weighted by molar-refractivity contribution is -0.141. The molecule has 1 aliphatic heterocycles. The number of carbonyl (C=O) groups excluding carboxylic acids is 1. The van der Waals surface area contributed by atoms with E-state index in [0.29, 0.717) is 10.6 Å². The molecule has 24 heavy (non-hydrogen) atoms. The Labute approximate surface area is 133 Å². The zero-order chi connectivity index (χ0) is 17.5. The quantitative estimate of drug-likeness (QED) is 0.810. The number of carbonyl (C=O) groups is 1. The molecule has 7 nitrogen and oxygen atoms in total. The lowest BCUT2D eigenvalue weighted by atomic mass is 9.99. The minimum Gasteiger partial charge on any atom is -0.424 e. The van der Waals surface area contributed by atoms with Gasteiger partial charge in [-0.05, 0) is 36.2 Å². The van der Waals surface area contributed by atoms with E-state index >= 15 is 0 Å². The molecule has 0 bridgehead atoms. The van der Waals surface area contributed by atoms with Crippen molar-refractivity contribution >= 4 is 11.6 Å². The van der Waals surface area contributed by atoms with Crippen LogP contribution in [0.15, 0.2) is 30.5 Å². The Morgan fingerprint density at radius 2 is 2.08 bits per heavy atom. The zero-order valence-electron chi connectivity index (χ0n) is 12.0. The molecular weight excluding hydrogens is 329 g/mol. The molecule has 0 spiro atoms. The number of hydroxylamine groups is 1. The molecule has 1 unspecified atom stereocenters. The number of hydrogen-bond donors (Lipinski definition) is 2. The van der Waals surface area contributed by atoms with Crippen LogP contribution in [-0.4, -0.2) is 27.1 Å². The Morgan fingerprint density at radius 3 is 2.79 bits per heavy atom. The molecule has 0 fully saturated rings. The van der Waals surface area contributed by atoms with E-state index in [1.54, 1.807) is 0 Å². The summed E-state index contributed by atoms with van der Waals surface area (Å²) in [6, 6.07) is 3.56. The van der Waals surface area contributed by atoms with Crippen molar-refractivity contribution in [2.24, 2.45) is 5.73 Å². The van der Waals surface area contributed by atoms with E-state index in [1.165, 1.54) is 18.2 Å². The average Bonchev–Trinajstić information content (AvgIpc) is 2.52. The minimum absolute atomic E-state index is 0.156. The van der Waals surface area contributed by atoms with Crippen LogP contribution in [0.5, 0.6) is 11.8 Å². The summed E-state index contributed by atoms with van der Waals surface area (Å²) in [5, 5.41) is 10.2. The first-order chi connectivity index (χ1) is 11.3. The highest BCUT2D eigenvalue weighted by Gasteiger charge is 2.33. The zero-order valence-corrected chi connectivity index (χ0v) is 12.0. The Balaban J connectivity index is 1.88. The molecule has 10 heteroatoms. The predicted octanol–water partition coefficient (Wildman–Crippen LogP) is 1.89. The highest BCUT2D eigenvalue weighted by molar-refractivity contribution is 5.98. The van der Waals surface area contributed by atoms with Crippen molar-refractivity contribution in [3.05, 3.63) is 41.7 Å². The van der Waals surface area contributed by atoms with Crippen LogP contribution >= 0.6 is 0 Å². The number of aromatic nitrogens is 2. The third-order valence-corrected chi connectivity index (χ3v) is 3.38. The Bertz CT molecular complexity index is 797. The largest absolute Gasteiger partial charge is 0.433 e. The summed E-state index contributed by atoms with van der Waals surface area (Å²) >= 11 is 0. The number of benzene rings is 1. The summed E-state index contributed by atoms with van der Waals surface area (Å²) in [5.41, 5.74) is 5.23. The van der Waals surface area contributed by atoms with Crippen LogP contribution in [0, 0.1) is 0 Å². The molecule has 126 valence electrons. The second-order valence-corrected chi connectivity index (χ2v) is 5.08. The average molecular weight is 340 g/mol. The van der Waals surface area contributed by atoms with Gasteiger partial charge in [-0.1, -0.05) is 0 Å². The lowest BCUT2D eigenvalue weighted by Crippen LogP contribution is -2.47. The lowest BCUT2D eigenvalue weighted by Gasteiger charge is -2.27. The molecule has 1 amide bonds. The number of anilines is 1. The summed E-state index contributed by atoms with van der Waals surface area (Å²) in [6.07, 6.45) is -3.51. The van der Waals surface area contributed by atoms with Gasteiger partial charge in [0.2, 0.25) is 0 Å². The molecule has 0 radical (unpaired) electrons. The number of rotatable bonds is 2. The summed E-state index contributed by atoms with van der Waals surface area (Å²) in [5.74, 6) is -0.486. The molecule has 2 aromatic rings. The maximum absolute atomic E-state index is 12.6. The van der Waals surface area contributed by atoms with Crippen LogP contribution in [0.3, 0.4) is 0 Å². The van der Waals surface area contributed by atoms with Gasteiger partial charge in [-0.2, -0.15) is 23.2 Å². The van der Waals surface area contributed by atoms with Crippen molar-refractivity contribution < 1.29 is 27.9 Å². The van der Waals surface area contributed by atoms with E-state index in [1.807, 2.05) is 0 Å². The number of fused-ring (bicyclic) bond motifs is 1. The molecule has 0 aliphatic carbocycles. The maximum Gasteiger partial charge on any atom is 0.433 e. The third-order valence-electron chi connectivity index (χ3n) is 3.38. The molecular formula is C14H11F3N4O3. The smallest absolute Gasteiger partial charge is 0.424 e. The minimum atomic E-state index is -4.61. The predicted molar refractivity (Wildman–Crippen MR) is 74.5 cm³/mol. The van der Waals surface area contributed by atoms with E-state index < -0.39 is 29.8 Å². The van der Waals surface area contributed by atoms with Crippen LogP contribution in [0.2, 0.25) is 0 Å². The number of halogens is 3. The highest BCUT2D eigenvalue weighted by Crippen LogP contribution is 2.32. The van der Waals surface area contributed by atoms with Crippen molar-refractivity contribution in [1.29, 1.82) is 0 Å². The van der Waals surface area contributed by atoms with Crippen LogP contribution < -0.4 is 15.5 Å². The molecule has 1 aromatic heterocycles. The SMILES string of the molecule is NC1Cc2cc(Oc3nccc(C(F)(F)F)n3)ccc2N(O)C1=O. The van der Waals surface area contributed by atoms with E-state index in [9.17, 15) is 23.2 Å². The summed E-state index contributed by atoms with van der Waals surface area (Å²) in [4.78, 5) is 18.5. The number of nitrogens with two attached hydrogens (primary N) is 1. The van der Waals surface area contributed by atoms with Gasteiger partial charge in [0, 0.05) is 6.20 Å². The maximum atomic E-state index is 12.6. The van der Waals surface area contributed by atoms with E-state index in [2.05, 4.69) is 9.97 Å². The molecule has 1 atom stereocenters. The van der Waals surface area contributed by atoms with Crippen molar-refractivity contribution in [3.8, 4) is 11.8 Å². The van der Waals surface area contributed by atoms with Gasteiger partial charge in [0.25, 0.3) is 5.91 Å².